The van der Waals surface area contributed by atoms with Crippen molar-refractivity contribution in [2.45, 2.75) is 32.9 Å². The van der Waals surface area contributed by atoms with Crippen LogP contribution in [0.25, 0.3) is 0 Å². The molecule has 0 amide bonds. The molecule has 1 aromatic heterocycles. The predicted molar refractivity (Wildman–Crippen MR) is 65.4 cm³/mol. The van der Waals surface area contributed by atoms with Crippen LogP contribution in [-0.4, -0.2) is 36.0 Å². The molecular weight excluding hydrogens is 226 g/mol. The van der Waals surface area contributed by atoms with Crippen molar-refractivity contribution in [3.63, 3.8) is 0 Å². The lowest BCUT2D eigenvalue weighted by Gasteiger charge is -2.17. The van der Waals surface area contributed by atoms with Gasteiger partial charge >= 0.3 is 0 Å². The molecule has 0 saturated carbocycles. The van der Waals surface area contributed by atoms with Crippen LogP contribution in [-0.2, 0) is 9.84 Å². The number of aromatic nitrogens is 2. The summed E-state index contributed by atoms with van der Waals surface area (Å²) >= 11 is 0. The number of hydrogen-bond donors (Lipinski definition) is 1. The minimum atomic E-state index is -2.97. The molecule has 1 atom stereocenters. The van der Waals surface area contributed by atoms with E-state index in [-0.39, 0.29) is 17.8 Å². The Bertz CT molecular complexity index is 437. The number of nitrogens with zero attached hydrogens (tertiary/aromatic N) is 2. The molecule has 1 heterocycles. The second kappa shape index (κ2) is 4.86. The van der Waals surface area contributed by atoms with Crippen molar-refractivity contribution < 1.29 is 8.42 Å². The van der Waals surface area contributed by atoms with Crippen molar-refractivity contribution in [1.82, 2.24) is 9.55 Å². The van der Waals surface area contributed by atoms with Gasteiger partial charge in [0.1, 0.15) is 9.84 Å². The summed E-state index contributed by atoms with van der Waals surface area (Å²) in [6.07, 6.45) is 4.71. The number of nitrogens with one attached hydrogen (secondary N) is 1. The van der Waals surface area contributed by atoms with Crippen LogP contribution in [0.5, 0.6) is 0 Å². The Labute approximate surface area is 96.8 Å². The van der Waals surface area contributed by atoms with Crippen LogP contribution < -0.4 is 5.32 Å². The van der Waals surface area contributed by atoms with Gasteiger partial charge in [-0.3, -0.25) is 0 Å². The van der Waals surface area contributed by atoms with Gasteiger partial charge in [-0.1, -0.05) is 0 Å². The second-order valence-corrected chi connectivity index (χ2v) is 6.58. The van der Waals surface area contributed by atoms with Gasteiger partial charge in [-0.25, -0.2) is 13.4 Å². The quantitative estimate of drug-likeness (QED) is 0.849. The highest BCUT2D eigenvalue weighted by Gasteiger charge is 2.15. The first kappa shape index (κ1) is 13.0. The Hall–Kier alpha value is -1.04. The summed E-state index contributed by atoms with van der Waals surface area (Å²) in [6, 6.07) is 0.158. The third-order valence-electron chi connectivity index (χ3n) is 2.11. The van der Waals surface area contributed by atoms with Crippen LogP contribution in [0.4, 0.5) is 5.95 Å². The van der Waals surface area contributed by atoms with E-state index in [1.165, 1.54) is 6.26 Å². The topological polar surface area (TPSA) is 64.0 Å². The van der Waals surface area contributed by atoms with Gasteiger partial charge in [0.2, 0.25) is 5.95 Å². The van der Waals surface area contributed by atoms with Crippen LogP contribution >= 0.6 is 0 Å². The maximum absolute atomic E-state index is 11.2. The smallest absolute Gasteiger partial charge is 0.203 e. The van der Waals surface area contributed by atoms with E-state index in [1.54, 1.807) is 12.4 Å². The Balaban J connectivity index is 2.83. The molecule has 5 nitrogen and oxygen atoms in total. The molecule has 16 heavy (non-hydrogen) atoms. The number of anilines is 1. The van der Waals surface area contributed by atoms with E-state index in [1.807, 2.05) is 25.3 Å². The first-order valence-electron chi connectivity index (χ1n) is 5.26. The summed E-state index contributed by atoms with van der Waals surface area (Å²) in [7, 11) is -2.97. The van der Waals surface area contributed by atoms with Gasteiger partial charge in [0.25, 0.3) is 0 Å². The summed E-state index contributed by atoms with van der Waals surface area (Å²) in [4.78, 5) is 4.16. The summed E-state index contributed by atoms with van der Waals surface area (Å²) in [6.45, 7) is 5.90. The first-order chi connectivity index (χ1) is 7.29. The monoisotopic (exact) mass is 245 g/mol. The molecule has 1 N–H and O–H groups in total. The Morgan fingerprint density at radius 2 is 2.06 bits per heavy atom. The lowest BCUT2D eigenvalue weighted by molar-refractivity contribution is 0.563. The average Bonchev–Trinajstić information content (AvgIpc) is 2.47. The van der Waals surface area contributed by atoms with Crippen molar-refractivity contribution in [2.75, 3.05) is 17.3 Å². The van der Waals surface area contributed by atoms with E-state index in [0.717, 1.165) is 0 Å². The molecule has 0 radical (unpaired) electrons. The fraction of sp³-hybridized carbons (Fsp3) is 0.700. The number of rotatable bonds is 5. The molecule has 1 aromatic rings. The highest BCUT2D eigenvalue weighted by Crippen LogP contribution is 2.15. The van der Waals surface area contributed by atoms with E-state index in [0.29, 0.717) is 5.95 Å². The summed E-state index contributed by atoms with van der Waals surface area (Å²) in [5.41, 5.74) is 0. The van der Waals surface area contributed by atoms with E-state index >= 15 is 0 Å². The van der Waals surface area contributed by atoms with Gasteiger partial charge in [0, 0.05) is 30.7 Å². The van der Waals surface area contributed by atoms with E-state index in [4.69, 9.17) is 0 Å². The van der Waals surface area contributed by atoms with E-state index in [9.17, 15) is 8.42 Å². The fourth-order valence-electron chi connectivity index (χ4n) is 1.56. The summed E-state index contributed by atoms with van der Waals surface area (Å²) in [5, 5.41) is 3.18. The molecule has 92 valence electrons. The lowest BCUT2D eigenvalue weighted by Crippen LogP contribution is -2.20. The Morgan fingerprint density at radius 3 is 2.56 bits per heavy atom. The van der Waals surface area contributed by atoms with Gasteiger partial charge in [-0.2, -0.15) is 0 Å². The van der Waals surface area contributed by atoms with Crippen LogP contribution in [0.1, 0.15) is 26.8 Å². The van der Waals surface area contributed by atoms with Crippen molar-refractivity contribution in [3.8, 4) is 0 Å². The third-order valence-corrected chi connectivity index (χ3v) is 3.19. The normalized spacial score (nSPS) is 14.1. The molecule has 0 fully saturated rings. The van der Waals surface area contributed by atoms with Gasteiger partial charge in [0.15, 0.2) is 0 Å². The first-order valence-corrected chi connectivity index (χ1v) is 7.32. The molecule has 0 aliphatic carbocycles. The maximum Gasteiger partial charge on any atom is 0.203 e. The van der Waals surface area contributed by atoms with E-state index in [2.05, 4.69) is 10.3 Å². The number of imidazole rings is 1. The van der Waals surface area contributed by atoms with Crippen molar-refractivity contribution in [3.05, 3.63) is 12.4 Å². The molecule has 0 spiro atoms. The molecule has 0 aliphatic heterocycles. The molecule has 1 rings (SSSR count). The zero-order valence-corrected chi connectivity index (χ0v) is 11.0. The van der Waals surface area contributed by atoms with Crippen LogP contribution in [0.15, 0.2) is 12.4 Å². The Kier molecular flexibility index (Phi) is 3.96. The van der Waals surface area contributed by atoms with Gasteiger partial charge in [-0.15, -0.1) is 0 Å². The molecule has 0 saturated heterocycles. The highest BCUT2D eigenvalue weighted by atomic mass is 32.2. The minimum Gasteiger partial charge on any atom is -0.353 e. The van der Waals surface area contributed by atoms with Crippen LogP contribution in [0.2, 0.25) is 0 Å². The summed E-state index contributed by atoms with van der Waals surface area (Å²) < 4.78 is 24.3. The zero-order chi connectivity index (χ0) is 12.3. The molecular formula is C10H19N3O2S. The average molecular weight is 245 g/mol. The lowest BCUT2D eigenvalue weighted by atomic mass is 10.4. The SMILES string of the molecule is CC(C)Nc1nccn1C(C)CS(C)(=O)=O. The van der Waals surface area contributed by atoms with Gasteiger partial charge < -0.3 is 9.88 Å². The second-order valence-electron chi connectivity index (χ2n) is 4.40. The molecule has 6 heteroatoms. The standard InChI is InChI=1S/C10H19N3O2S/c1-8(2)12-10-11-5-6-13(10)9(3)7-16(4,14)15/h5-6,8-9H,7H2,1-4H3,(H,11,12). The van der Waals surface area contributed by atoms with Crippen LogP contribution in [0.3, 0.4) is 0 Å². The maximum atomic E-state index is 11.2. The van der Waals surface area contributed by atoms with Crippen molar-refractivity contribution >= 4 is 15.8 Å². The largest absolute Gasteiger partial charge is 0.353 e. The predicted octanol–water partition coefficient (Wildman–Crippen LogP) is 1.31. The number of hydrogen-bond acceptors (Lipinski definition) is 4. The van der Waals surface area contributed by atoms with Crippen molar-refractivity contribution in [2.24, 2.45) is 0 Å². The van der Waals surface area contributed by atoms with Crippen molar-refractivity contribution in [1.29, 1.82) is 0 Å². The zero-order valence-electron chi connectivity index (χ0n) is 10.1. The fourth-order valence-corrected chi connectivity index (χ4v) is 2.59. The highest BCUT2D eigenvalue weighted by molar-refractivity contribution is 7.90. The van der Waals surface area contributed by atoms with Crippen LogP contribution in [0, 0.1) is 0 Å². The molecule has 0 bridgehead atoms. The molecule has 0 aromatic carbocycles. The Morgan fingerprint density at radius 1 is 1.44 bits per heavy atom. The van der Waals surface area contributed by atoms with Gasteiger partial charge in [-0.05, 0) is 20.8 Å². The van der Waals surface area contributed by atoms with E-state index < -0.39 is 9.84 Å². The summed E-state index contributed by atoms with van der Waals surface area (Å²) in [5.74, 6) is 0.835. The number of sulfone groups is 1. The third kappa shape index (κ3) is 3.84. The minimum absolute atomic E-state index is 0.112. The molecule has 0 aliphatic rings. The van der Waals surface area contributed by atoms with Gasteiger partial charge in [0.05, 0.1) is 5.75 Å². The molecule has 1 unspecified atom stereocenters.